The fourth-order valence-corrected chi connectivity index (χ4v) is 9.01. The van der Waals surface area contributed by atoms with Crippen LogP contribution < -0.4 is 4.74 Å². The quantitative estimate of drug-likeness (QED) is 0.199. The maximum atomic E-state index is 14.2. The minimum Gasteiger partial charge on any atom is -0.497 e. The second-order valence-electron chi connectivity index (χ2n) is 13.4. The third kappa shape index (κ3) is 7.50. The van der Waals surface area contributed by atoms with Gasteiger partial charge in [0.05, 0.1) is 25.1 Å². The predicted molar refractivity (Wildman–Crippen MR) is 184 cm³/mol. The van der Waals surface area contributed by atoms with E-state index in [0.717, 1.165) is 22.4 Å². The molecule has 7 nitrogen and oxygen atoms in total. The van der Waals surface area contributed by atoms with Gasteiger partial charge in [0.25, 0.3) is 0 Å². The third-order valence-electron chi connectivity index (χ3n) is 10.4. The van der Waals surface area contributed by atoms with Crippen LogP contribution in [-0.2, 0) is 22.9 Å². The average Bonchev–Trinajstić information content (AvgIpc) is 3.63. The first-order valence-electron chi connectivity index (χ1n) is 16.2. The number of nitrogens with zero attached hydrogens (tertiary/aromatic N) is 1. The summed E-state index contributed by atoms with van der Waals surface area (Å²) < 4.78 is 33.0. The number of rotatable bonds is 9. The van der Waals surface area contributed by atoms with Crippen LogP contribution in [0, 0.1) is 5.41 Å². The normalized spacial score (nSPS) is 25.6. The molecule has 3 aliphatic rings. The summed E-state index contributed by atoms with van der Waals surface area (Å²) in [5, 5.41) is 25.5. The van der Waals surface area contributed by atoms with Crippen LogP contribution in [0.2, 0.25) is 0 Å². The number of aliphatic hydroxyl groups excluding tert-OH is 1. The van der Waals surface area contributed by atoms with E-state index in [-0.39, 0.29) is 18.2 Å². The number of ether oxygens (including phenoxy) is 1. The molecule has 0 radical (unpaired) electrons. The van der Waals surface area contributed by atoms with Gasteiger partial charge in [0.2, 0.25) is 10.0 Å². The van der Waals surface area contributed by atoms with Gasteiger partial charge in [-0.15, -0.1) is 11.3 Å². The molecular formula is C37H47NO6S2. The lowest BCUT2D eigenvalue weighted by atomic mass is 9.64. The Morgan fingerprint density at radius 1 is 1.11 bits per heavy atom. The number of hydrogen-bond acceptors (Lipinski definition) is 7. The predicted octanol–water partition coefficient (Wildman–Crippen LogP) is 6.53. The molecule has 0 aliphatic heterocycles. The molecule has 2 aromatic carbocycles. The first-order valence-corrected chi connectivity index (χ1v) is 18.9. The van der Waals surface area contributed by atoms with E-state index >= 15 is 0 Å². The van der Waals surface area contributed by atoms with E-state index in [1.54, 1.807) is 42.7 Å². The number of allylic oxidation sites excluding steroid dienone is 2. The molecule has 0 amide bonds. The van der Waals surface area contributed by atoms with E-state index < -0.39 is 27.1 Å². The van der Waals surface area contributed by atoms with Crippen molar-refractivity contribution in [2.24, 2.45) is 5.41 Å². The van der Waals surface area contributed by atoms with Crippen LogP contribution >= 0.6 is 11.3 Å². The summed E-state index contributed by atoms with van der Waals surface area (Å²) in [6, 6.07) is 17.0. The van der Waals surface area contributed by atoms with Crippen molar-refractivity contribution in [1.29, 1.82) is 0 Å². The third-order valence-corrected chi connectivity index (χ3v) is 12.5. The van der Waals surface area contributed by atoms with E-state index in [0.29, 0.717) is 68.4 Å². The summed E-state index contributed by atoms with van der Waals surface area (Å²) in [7, 11) is -2.02. The van der Waals surface area contributed by atoms with E-state index in [1.807, 2.05) is 35.7 Å². The van der Waals surface area contributed by atoms with Crippen molar-refractivity contribution < 1.29 is 28.2 Å². The molecule has 2 bridgehead atoms. The number of carbonyl (C=O) groups is 1. The highest BCUT2D eigenvalue weighted by atomic mass is 32.2. The van der Waals surface area contributed by atoms with Gasteiger partial charge in [-0.1, -0.05) is 36.8 Å². The number of sulfonamides is 1. The second kappa shape index (κ2) is 14.1. The molecule has 9 heteroatoms. The van der Waals surface area contributed by atoms with Gasteiger partial charge in [0.1, 0.15) is 5.75 Å². The van der Waals surface area contributed by atoms with Gasteiger partial charge in [-0.25, -0.2) is 8.42 Å². The first kappa shape index (κ1) is 34.5. The molecule has 3 aromatic rings. The molecule has 6 rings (SSSR count). The summed E-state index contributed by atoms with van der Waals surface area (Å²) in [6.45, 7) is 4.45. The highest BCUT2D eigenvalue weighted by Crippen LogP contribution is 2.59. The second-order valence-corrected chi connectivity index (χ2v) is 16.4. The molecule has 4 atom stereocenters. The van der Waals surface area contributed by atoms with Gasteiger partial charge < -0.3 is 14.9 Å². The highest BCUT2D eigenvalue weighted by molar-refractivity contribution is 7.88. The van der Waals surface area contributed by atoms with Crippen molar-refractivity contribution >= 4 is 27.1 Å². The Balaban J connectivity index is 1.58. The lowest BCUT2D eigenvalue weighted by Crippen LogP contribution is -2.54. The summed E-state index contributed by atoms with van der Waals surface area (Å²) in [6.07, 6.45) is 7.62. The molecular weight excluding hydrogens is 619 g/mol. The zero-order valence-corrected chi connectivity index (χ0v) is 29.0. The fourth-order valence-electron chi connectivity index (χ4n) is 7.44. The van der Waals surface area contributed by atoms with E-state index in [4.69, 9.17) is 4.74 Å². The van der Waals surface area contributed by atoms with Crippen LogP contribution in [0.1, 0.15) is 90.2 Å². The van der Waals surface area contributed by atoms with E-state index in [9.17, 15) is 23.4 Å². The lowest BCUT2D eigenvalue weighted by molar-refractivity contribution is -0.0722. The van der Waals surface area contributed by atoms with Crippen molar-refractivity contribution in [3.8, 4) is 5.75 Å². The lowest BCUT2D eigenvalue weighted by Gasteiger charge is -2.45. The molecule has 2 N–H and O–H groups in total. The number of thiophene rings is 1. The van der Waals surface area contributed by atoms with Crippen LogP contribution in [0.4, 0.5) is 0 Å². The fraction of sp³-hybridized carbons (Fsp3) is 0.486. The average molecular weight is 666 g/mol. The Bertz CT molecular complexity index is 1650. The SMILES string of the molecule is COc1ccc(C(=O)c2cc3ccc2[C@@H]2CC[C@@](O)(CN(CCc4cccs4)S(C)(=O)=O)[C@@]2(C)CCC=C(C)CC[C@H](O)C3)cc1. The van der Waals surface area contributed by atoms with Crippen LogP contribution in [-0.4, -0.2) is 66.9 Å². The summed E-state index contributed by atoms with van der Waals surface area (Å²) in [4.78, 5) is 15.3. The zero-order chi connectivity index (χ0) is 33.1. The maximum absolute atomic E-state index is 14.2. The van der Waals surface area contributed by atoms with Crippen molar-refractivity contribution in [2.75, 3.05) is 26.5 Å². The Kier molecular flexibility index (Phi) is 10.6. The number of aliphatic hydroxyl groups is 2. The van der Waals surface area contributed by atoms with Crippen LogP contribution in [0.5, 0.6) is 5.75 Å². The van der Waals surface area contributed by atoms with E-state index in [2.05, 4.69) is 19.9 Å². The molecule has 1 aromatic heterocycles. The molecule has 1 fully saturated rings. The van der Waals surface area contributed by atoms with Gasteiger partial charge in [0, 0.05) is 34.5 Å². The van der Waals surface area contributed by atoms with Gasteiger partial charge in [-0.2, -0.15) is 4.31 Å². The van der Waals surface area contributed by atoms with Crippen molar-refractivity contribution in [3.05, 3.63) is 98.8 Å². The molecule has 46 heavy (non-hydrogen) atoms. The molecule has 248 valence electrons. The molecule has 3 aliphatic carbocycles. The zero-order valence-electron chi connectivity index (χ0n) is 27.4. The van der Waals surface area contributed by atoms with Gasteiger partial charge >= 0.3 is 0 Å². The number of benzene rings is 2. The Morgan fingerprint density at radius 3 is 2.54 bits per heavy atom. The Morgan fingerprint density at radius 2 is 1.87 bits per heavy atom. The van der Waals surface area contributed by atoms with Crippen LogP contribution in [0.15, 0.2) is 71.6 Å². The maximum Gasteiger partial charge on any atom is 0.211 e. The largest absolute Gasteiger partial charge is 0.497 e. The number of hydrogen-bond donors (Lipinski definition) is 2. The Hall–Kier alpha value is -2.82. The van der Waals surface area contributed by atoms with Crippen LogP contribution in [0.3, 0.4) is 0 Å². The van der Waals surface area contributed by atoms with Crippen molar-refractivity contribution in [2.45, 2.75) is 82.8 Å². The first-order chi connectivity index (χ1) is 21.8. The minimum atomic E-state index is -3.61. The van der Waals surface area contributed by atoms with Crippen molar-refractivity contribution in [1.82, 2.24) is 4.31 Å². The van der Waals surface area contributed by atoms with Crippen LogP contribution in [0.25, 0.3) is 0 Å². The summed E-state index contributed by atoms with van der Waals surface area (Å²) >= 11 is 1.60. The number of methoxy groups -OCH3 is 1. The number of carbonyl (C=O) groups excluding carboxylic acids is 1. The molecule has 0 unspecified atom stereocenters. The smallest absolute Gasteiger partial charge is 0.211 e. The number of fused-ring (bicyclic) bond motifs is 8. The summed E-state index contributed by atoms with van der Waals surface area (Å²) in [5.41, 5.74) is 2.00. The number of ketones is 1. The highest BCUT2D eigenvalue weighted by Gasteiger charge is 2.57. The van der Waals surface area contributed by atoms with Crippen molar-refractivity contribution in [3.63, 3.8) is 0 Å². The molecule has 1 heterocycles. The topological polar surface area (TPSA) is 104 Å². The molecule has 0 saturated heterocycles. The Labute approximate surface area is 278 Å². The summed E-state index contributed by atoms with van der Waals surface area (Å²) in [5.74, 6) is 0.349. The van der Waals surface area contributed by atoms with E-state index in [1.165, 1.54) is 16.1 Å². The molecule has 0 spiro atoms. The molecule has 1 saturated carbocycles. The minimum absolute atomic E-state index is 0.00105. The van der Waals surface area contributed by atoms with Gasteiger partial charge in [0.15, 0.2) is 5.78 Å². The monoisotopic (exact) mass is 665 g/mol. The van der Waals surface area contributed by atoms with Gasteiger partial charge in [-0.3, -0.25) is 4.79 Å². The van der Waals surface area contributed by atoms with Gasteiger partial charge in [-0.05, 0) is 117 Å². The standard InChI is InChI=1S/C37H47NO6S2/c1-26-7-5-19-36(2)34(17-20-37(36,41)25-38(46(4,42)43)21-18-31-8-6-22-45-31)32-16-10-27(23-29(39)13-9-26)24-33(32)35(40)28-11-14-30(44-3)15-12-28/h6-8,10-12,14-16,22,24,29,34,39,41H,5,9,13,17-21,23,25H2,1-4H3/t29-,34-,36-,37+/m0/s1.